The van der Waals surface area contributed by atoms with Gasteiger partial charge in [-0.05, 0) is 71.6 Å². The van der Waals surface area contributed by atoms with Crippen molar-refractivity contribution in [2.75, 3.05) is 57.3 Å². The number of hydrogen-bond acceptors (Lipinski definition) is 7. The summed E-state index contributed by atoms with van der Waals surface area (Å²) < 4.78 is 19.2. The zero-order valence-electron chi connectivity index (χ0n) is 28.2. The number of piperazine rings is 1. The van der Waals surface area contributed by atoms with Crippen LogP contribution in [0.2, 0.25) is 0 Å². The van der Waals surface area contributed by atoms with Gasteiger partial charge in [0.15, 0.2) is 11.5 Å². The van der Waals surface area contributed by atoms with E-state index in [1.54, 1.807) is 32.4 Å². The molecule has 0 radical (unpaired) electrons. The Balaban J connectivity index is 1.23. The second kappa shape index (κ2) is 13.4. The summed E-state index contributed by atoms with van der Waals surface area (Å²) in [5.74, 6) is 2.18. The van der Waals surface area contributed by atoms with Crippen molar-refractivity contribution in [1.82, 2.24) is 14.5 Å². The van der Waals surface area contributed by atoms with Gasteiger partial charge >= 0.3 is 0 Å². The summed E-state index contributed by atoms with van der Waals surface area (Å²) >= 11 is 0. The smallest absolute Gasteiger partial charge is 0.270 e. The number of carbonyl (C=O) groups is 2. The molecule has 0 spiro atoms. The van der Waals surface area contributed by atoms with Gasteiger partial charge in [0.1, 0.15) is 17.3 Å². The predicted octanol–water partition coefficient (Wildman–Crippen LogP) is 6.06. The van der Waals surface area contributed by atoms with Crippen molar-refractivity contribution < 1.29 is 23.8 Å². The molecule has 2 aliphatic heterocycles. The molecule has 0 bridgehead atoms. The third kappa shape index (κ3) is 5.94. The van der Waals surface area contributed by atoms with Gasteiger partial charge in [-0.2, -0.15) is 0 Å². The molecule has 0 aliphatic carbocycles. The van der Waals surface area contributed by atoms with Crippen molar-refractivity contribution in [3.63, 3.8) is 0 Å². The molecule has 2 amide bonds. The molecule has 7 rings (SSSR count). The summed E-state index contributed by atoms with van der Waals surface area (Å²) in [4.78, 5) is 38.9. The van der Waals surface area contributed by atoms with Crippen LogP contribution in [0.5, 0.6) is 17.2 Å². The standard InChI is InChI=1S/C39H39N5O5/c1-26-9-5-6-10-30(26)27-12-14-31(34(21-27)47-2)38(45)44-25-29-13-15-32(43(29)24-28-22-35(48-3)36(49-4)23-33(28)44)39(46)42-19-17-41(18-20-42)37-11-7-8-16-40-37/h5-16,21-23H,17-20,24-25H2,1-4H3. The second-order valence-electron chi connectivity index (χ2n) is 12.2. The number of anilines is 2. The monoisotopic (exact) mass is 657 g/mol. The van der Waals surface area contributed by atoms with E-state index in [0.717, 1.165) is 33.8 Å². The van der Waals surface area contributed by atoms with E-state index in [0.29, 0.717) is 66.9 Å². The van der Waals surface area contributed by atoms with Gasteiger partial charge in [0.2, 0.25) is 0 Å². The van der Waals surface area contributed by atoms with Crippen LogP contribution in [0.4, 0.5) is 11.5 Å². The Morgan fingerprint density at radius 2 is 1.45 bits per heavy atom. The number of hydrogen-bond donors (Lipinski definition) is 0. The first-order chi connectivity index (χ1) is 23.9. The van der Waals surface area contributed by atoms with Gasteiger partial charge in [-0.1, -0.05) is 36.4 Å². The fourth-order valence-electron chi connectivity index (χ4n) is 6.83. The maximum absolute atomic E-state index is 14.6. The predicted molar refractivity (Wildman–Crippen MR) is 189 cm³/mol. The number of nitrogens with zero attached hydrogens (tertiary/aromatic N) is 5. The van der Waals surface area contributed by atoms with E-state index in [1.165, 1.54) is 0 Å². The topological polar surface area (TPSA) is 89.4 Å². The van der Waals surface area contributed by atoms with Crippen molar-refractivity contribution in [3.8, 4) is 28.4 Å². The highest BCUT2D eigenvalue weighted by atomic mass is 16.5. The van der Waals surface area contributed by atoms with Gasteiger partial charge in [0.05, 0.1) is 45.7 Å². The molecule has 250 valence electrons. The minimum Gasteiger partial charge on any atom is -0.496 e. The van der Waals surface area contributed by atoms with Crippen LogP contribution >= 0.6 is 0 Å². The molecule has 10 nitrogen and oxygen atoms in total. The van der Waals surface area contributed by atoms with Crippen LogP contribution in [0.1, 0.15) is 37.7 Å². The molecule has 1 fully saturated rings. The lowest BCUT2D eigenvalue weighted by Gasteiger charge is -2.35. The highest BCUT2D eigenvalue weighted by Crippen LogP contribution is 2.40. The quantitative estimate of drug-likeness (QED) is 0.210. The van der Waals surface area contributed by atoms with Gasteiger partial charge in [-0.3, -0.25) is 9.59 Å². The van der Waals surface area contributed by atoms with Crippen LogP contribution in [-0.2, 0) is 13.1 Å². The highest BCUT2D eigenvalue weighted by Gasteiger charge is 2.32. The van der Waals surface area contributed by atoms with E-state index in [4.69, 9.17) is 14.2 Å². The van der Waals surface area contributed by atoms with Crippen molar-refractivity contribution in [1.29, 1.82) is 0 Å². The third-order valence-electron chi connectivity index (χ3n) is 9.49. The lowest BCUT2D eigenvalue weighted by molar-refractivity contribution is 0.0735. The number of aryl methyl sites for hydroxylation is 1. The molecule has 3 aromatic carbocycles. The van der Waals surface area contributed by atoms with E-state index in [2.05, 4.69) is 28.9 Å². The lowest BCUT2D eigenvalue weighted by Crippen LogP contribution is -2.49. The molecule has 2 aromatic heterocycles. The molecule has 0 unspecified atom stereocenters. The molecule has 2 aliphatic rings. The van der Waals surface area contributed by atoms with Crippen LogP contribution in [0.15, 0.2) is 91.1 Å². The second-order valence-corrected chi connectivity index (χ2v) is 12.2. The van der Waals surface area contributed by atoms with Crippen LogP contribution < -0.4 is 24.0 Å². The lowest BCUT2D eigenvalue weighted by atomic mass is 9.98. The zero-order chi connectivity index (χ0) is 34.1. The third-order valence-corrected chi connectivity index (χ3v) is 9.49. The largest absolute Gasteiger partial charge is 0.496 e. The first-order valence-electron chi connectivity index (χ1n) is 16.3. The van der Waals surface area contributed by atoms with E-state index in [-0.39, 0.29) is 18.4 Å². The summed E-state index contributed by atoms with van der Waals surface area (Å²) in [7, 11) is 4.75. The molecule has 1 saturated heterocycles. The molecular formula is C39H39N5O5. The number of carbonyl (C=O) groups excluding carboxylic acids is 2. The van der Waals surface area contributed by atoms with Gasteiger partial charge in [0.25, 0.3) is 11.8 Å². The summed E-state index contributed by atoms with van der Waals surface area (Å²) in [5.41, 5.74) is 6.53. The summed E-state index contributed by atoms with van der Waals surface area (Å²) in [6.45, 7) is 5.24. The summed E-state index contributed by atoms with van der Waals surface area (Å²) in [6, 6.07) is 27.2. The van der Waals surface area contributed by atoms with Crippen molar-refractivity contribution in [3.05, 3.63) is 119 Å². The molecule has 0 N–H and O–H groups in total. The number of aromatic nitrogens is 2. The van der Waals surface area contributed by atoms with Crippen LogP contribution in [0.25, 0.3) is 11.1 Å². The summed E-state index contributed by atoms with van der Waals surface area (Å²) in [6.07, 6.45) is 1.79. The average molecular weight is 658 g/mol. The Hall–Kier alpha value is -5.77. The maximum atomic E-state index is 14.6. The Morgan fingerprint density at radius 3 is 2.16 bits per heavy atom. The maximum Gasteiger partial charge on any atom is 0.270 e. The Kier molecular flexibility index (Phi) is 8.69. The number of ether oxygens (including phenoxy) is 3. The zero-order valence-corrected chi connectivity index (χ0v) is 28.2. The Labute approximate surface area is 286 Å². The van der Waals surface area contributed by atoms with Gasteiger partial charge in [-0.15, -0.1) is 0 Å². The van der Waals surface area contributed by atoms with Gasteiger partial charge in [0, 0.05) is 44.1 Å². The molecule has 10 heteroatoms. The fraction of sp³-hybridized carbons (Fsp3) is 0.256. The number of fused-ring (bicyclic) bond motifs is 2. The molecule has 4 heterocycles. The van der Waals surface area contributed by atoms with E-state index in [9.17, 15) is 9.59 Å². The van der Waals surface area contributed by atoms with Crippen molar-refractivity contribution in [2.24, 2.45) is 0 Å². The number of amides is 2. The highest BCUT2D eigenvalue weighted by molar-refractivity contribution is 6.09. The molecule has 5 aromatic rings. The number of methoxy groups -OCH3 is 3. The van der Waals surface area contributed by atoms with Gasteiger partial charge < -0.3 is 33.5 Å². The minimum atomic E-state index is -0.227. The van der Waals surface area contributed by atoms with E-state index in [1.807, 2.05) is 82.3 Å². The molecule has 49 heavy (non-hydrogen) atoms. The number of pyridine rings is 1. The molecule has 0 atom stereocenters. The average Bonchev–Trinajstić information content (AvgIpc) is 3.47. The molecule has 0 saturated carbocycles. The van der Waals surface area contributed by atoms with Gasteiger partial charge in [-0.25, -0.2) is 4.98 Å². The van der Waals surface area contributed by atoms with E-state index >= 15 is 0 Å². The number of rotatable bonds is 7. The van der Waals surface area contributed by atoms with Crippen molar-refractivity contribution >= 4 is 23.3 Å². The first-order valence-corrected chi connectivity index (χ1v) is 16.3. The number of benzene rings is 3. The summed E-state index contributed by atoms with van der Waals surface area (Å²) in [5, 5.41) is 0. The van der Waals surface area contributed by atoms with Crippen LogP contribution in [0, 0.1) is 6.92 Å². The molecular weight excluding hydrogens is 618 g/mol. The van der Waals surface area contributed by atoms with Crippen LogP contribution in [-0.4, -0.2) is 73.8 Å². The fourth-order valence-corrected chi connectivity index (χ4v) is 6.83. The minimum absolute atomic E-state index is 0.0396. The van der Waals surface area contributed by atoms with E-state index < -0.39 is 0 Å². The normalized spacial score (nSPS) is 14.1. The Bertz CT molecular complexity index is 2020. The Morgan fingerprint density at radius 1 is 0.714 bits per heavy atom. The SMILES string of the molecule is COc1cc2c(cc1OC)N(C(=O)c1ccc(-c3ccccc3C)cc1OC)Cc1ccc(C(=O)N3CCN(c4ccccn4)CC3)n1C2. The van der Waals surface area contributed by atoms with Crippen LogP contribution in [0.3, 0.4) is 0 Å². The van der Waals surface area contributed by atoms with Crippen molar-refractivity contribution in [2.45, 2.75) is 20.0 Å². The first kappa shape index (κ1) is 31.8.